The van der Waals surface area contributed by atoms with Crippen molar-refractivity contribution in [1.82, 2.24) is 4.90 Å². The van der Waals surface area contributed by atoms with E-state index in [4.69, 9.17) is 10.5 Å². The Hall–Kier alpha value is -3.15. The van der Waals surface area contributed by atoms with Gasteiger partial charge in [-0.15, -0.1) is 6.58 Å². The number of amides is 2. The number of hydrogen-bond donors (Lipinski definition) is 1. The summed E-state index contributed by atoms with van der Waals surface area (Å²) >= 11 is 0. The summed E-state index contributed by atoms with van der Waals surface area (Å²) in [5.41, 5.74) is 6.42. The molecule has 0 bridgehead atoms. The molecule has 0 spiro atoms. The number of nitrogens with zero attached hydrogens (tertiary/aromatic N) is 1. The average molecular weight is 382 g/mol. The molecule has 3 rings (SSSR count). The number of nitrogens with two attached hydrogens (primary N) is 1. The normalized spacial score (nSPS) is 20.4. The Labute approximate surface area is 163 Å². The summed E-state index contributed by atoms with van der Waals surface area (Å²) in [6.45, 7) is 6.10. The molecule has 28 heavy (non-hydrogen) atoms. The van der Waals surface area contributed by atoms with E-state index in [2.05, 4.69) is 6.58 Å². The number of halogens is 1. The number of primary amides is 1. The van der Waals surface area contributed by atoms with E-state index in [-0.39, 0.29) is 11.9 Å². The first-order valence-electron chi connectivity index (χ1n) is 9.12. The maximum atomic E-state index is 13.3. The van der Waals surface area contributed by atoms with Crippen molar-refractivity contribution in [3.05, 3.63) is 83.7 Å². The highest BCUT2D eigenvalue weighted by Gasteiger charge is 2.42. The van der Waals surface area contributed by atoms with Crippen LogP contribution in [-0.4, -0.2) is 23.4 Å². The Morgan fingerprint density at radius 3 is 2.68 bits per heavy atom. The summed E-state index contributed by atoms with van der Waals surface area (Å²) in [6.07, 6.45) is 2.21. The van der Waals surface area contributed by atoms with Gasteiger partial charge >= 0.3 is 6.09 Å². The highest BCUT2D eigenvalue weighted by Crippen LogP contribution is 2.39. The van der Waals surface area contributed by atoms with Crippen LogP contribution in [0.3, 0.4) is 0 Å². The summed E-state index contributed by atoms with van der Waals surface area (Å²) in [5, 5.41) is 0. The van der Waals surface area contributed by atoms with Crippen LogP contribution in [0.1, 0.15) is 47.3 Å². The zero-order chi connectivity index (χ0) is 20.3. The van der Waals surface area contributed by atoms with Crippen molar-refractivity contribution in [3.8, 4) is 0 Å². The Balaban J connectivity index is 1.84. The van der Waals surface area contributed by atoms with Crippen molar-refractivity contribution in [2.75, 3.05) is 6.54 Å². The quantitative estimate of drug-likeness (QED) is 0.757. The molecule has 1 fully saturated rings. The molecule has 146 valence electrons. The lowest BCUT2D eigenvalue weighted by Crippen LogP contribution is -2.48. The topological polar surface area (TPSA) is 72.6 Å². The van der Waals surface area contributed by atoms with Gasteiger partial charge in [0, 0.05) is 24.9 Å². The third-order valence-corrected chi connectivity index (χ3v) is 5.24. The van der Waals surface area contributed by atoms with Crippen molar-refractivity contribution >= 4 is 12.0 Å². The van der Waals surface area contributed by atoms with Gasteiger partial charge in [0.1, 0.15) is 11.4 Å². The van der Waals surface area contributed by atoms with Gasteiger partial charge in [-0.2, -0.15) is 0 Å². The summed E-state index contributed by atoms with van der Waals surface area (Å²) in [7, 11) is 0. The minimum atomic E-state index is -0.863. The summed E-state index contributed by atoms with van der Waals surface area (Å²) < 4.78 is 19.2. The van der Waals surface area contributed by atoms with Gasteiger partial charge in [-0.05, 0) is 42.3 Å². The maximum absolute atomic E-state index is 13.3. The molecule has 1 heterocycles. The molecule has 5 nitrogen and oxygen atoms in total. The van der Waals surface area contributed by atoms with E-state index in [1.807, 2.05) is 13.0 Å². The molecule has 1 aliphatic rings. The molecule has 0 aromatic heterocycles. The van der Waals surface area contributed by atoms with Gasteiger partial charge in [-0.1, -0.05) is 30.3 Å². The van der Waals surface area contributed by atoms with Gasteiger partial charge in [0.2, 0.25) is 5.91 Å². The Morgan fingerprint density at radius 2 is 2.07 bits per heavy atom. The van der Waals surface area contributed by atoms with Gasteiger partial charge in [-0.25, -0.2) is 9.18 Å². The number of cyclic esters (lactones) is 1. The van der Waals surface area contributed by atoms with Crippen LogP contribution in [0.2, 0.25) is 0 Å². The predicted octanol–water partition coefficient (Wildman–Crippen LogP) is 4.30. The lowest BCUT2D eigenvalue weighted by Gasteiger charge is -2.43. The second-order valence-corrected chi connectivity index (χ2v) is 6.97. The van der Waals surface area contributed by atoms with E-state index in [1.165, 1.54) is 12.1 Å². The molecule has 2 amide bonds. The first-order valence-corrected chi connectivity index (χ1v) is 9.12. The van der Waals surface area contributed by atoms with Crippen molar-refractivity contribution in [1.29, 1.82) is 0 Å². The molecule has 0 unspecified atom stereocenters. The van der Waals surface area contributed by atoms with E-state index in [0.717, 1.165) is 11.1 Å². The Morgan fingerprint density at radius 1 is 1.36 bits per heavy atom. The van der Waals surface area contributed by atoms with Crippen LogP contribution in [0, 0.1) is 5.82 Å². The molecule has 2 aromatic carbocycles. The van der Waals surface area contributed by atoms with Crippen molar-refractivity contribution in [3.63, 3.8) is 0 Å². The molecule has 1 saturated heterocycles. The number of hydrogen-bond acceptors (Lipinski definition) is 3. The molecular weight excluding hydrogens is 359 g/mol. The fraction of sp³-hybridized carbons (Fsp3) is 0.273. The summed E-state index contributed by atoms with van der Waals surface area (Å²) in [5.74, 6) is -0.860. The van der Waals surface area contributed by atoms with Crippen LogP contribution in [0.5, 0.6) is 0 Å². The van der Waals surface area contributed by atoms with Gasteiger partial charge in [0.05, 0.1) is 6.04 Å². The molecule has 2 atom stereocenters. The summed E-state index contributed by atoms with van der Waals surface area (Å²) in [6, 6.07) is 12.6. The van der Waals surface area contributed by atoms with Gasteiger partial charge in [-0.3, -0.25) is 4.79 Å². The third kappa shape index (κ3) is 3.76. The first kappa shape index (κ1) is 19.6. The fourth-order valence-electron chi connectivity index (χ4n) is 3.60. The minimum absolute atomic E-state index is 0.290. The van der Waals surface area contributed by atoms with E-state index in [9.17, 15) is 14.0 Å². The second kappa shape index (κ2) is 7.84. The number of carbonyl (C=O) groups excluding carboxylic acids is 2. The Bertz CT molecular complexity index is 897. The first-order chi connectivity index (χ1) is 13.4. The third-order valence-electron chi connectivity index (χ3n) is 5.24. The van der Waals surface area contributed by atoms with E-state index < -0.39 is 17.6 Å². The van der Waals surface area contributed by atoms with Crippen LogP contribution >= 0.6 is 0 Å². The van der Waals surface area contributed by atoms with Crippen molar-refractivity contribution in [2.24, 2.45) is 5.73 Å². The largest absolute Gasteiger partial charge is 0.437 e. The fourth-order valence-corrected chi connectivity index (χ4v) is 3.60. The SMILES string of the molecule is C=CC[C@]1(c2ccc(F)cc2)CCN([C@@H](C)c2cccc(C(N)=O)c2)C(=O)O1. The molecule has 6 heteroatoms. The average Bonchev–Trinajstić information content (AvgIpc) is 2.68. The molecule has 2 N–H and O–H groups in total. The smallest absolute Gasteiger partial charge is 0.411 e. The zero-order valence-corrected chi connectivity index (χ0v) is 15.7. The molecule has 0 saturated carbocycles. The monoisotopic (exact) mass is 382 g/mol. The Kier molecular flexibility index (Phi) is 5.49. The molecule has 1 aliphatic heterocycles. The number of ether oxygens (including phenoxy) is 1. The van der Waals surface area contributed by atoms with Crippen LogP contribution < -0.4 is 5.73 Å². The van der Waals surface area contributed by atoms with Crippen LogP contribution in [0.25, 0.3) is 0 Å². The lowest BCUT2D eigenvalue weighted by atomic mass is 9.85. The van der Waals surface area contributed by atoms with Crippen molar-refractivity contribution < 1.29 is 18.7 Å². The van der Waals surface area contributed by atoms with E-state index in [0.29, 0.717) is 24.9 Å². The maximum Gasteiger partial charge on any atom is 0.411 e. The minimum Gasteiger partial charge on any atom is -0.437 e. The molecular formula is C22H23FN2O3. The number of benzene rings is 2. The summed E-state index contributed by atoms with van der Waals surface area (Å²) in [4.78, 5) is 25.9. The van der Waals surface area contributed by atoms with Crippen LogP contribution in [-0.2, 0) is 10.3 Å². The zero-order valence-electron chi connectivity index (χ0n) is 15.7. The second-order valence-electron chi connectivity index (χ2n) is 6.97. The molecule has 0 radical (unpaired) electrons. The number of carbonyl (C=O) groups is 2. The van der Waals surface area contributed by atoms with Gasteiger partial charge < -0.3 is 15.4 Å². The highest BCUT2D eigenvalue weighted by atomic mass is 19.1. The highest BCUT2D eigenvalue weighted by molar-refractivity contribution is 5.92. The lowest BCUT2D eigenvalue weighted by molar-refractivity contribution is -0.0588. The van der Waals surface area contributed by atoms with Gasteiger partial charge in [0.25, 0.3) is 0 Å². The molecule has 0 aliphatic carbocycles. The van der Waals surface area contributed by atoms with Crippen molar-refractivity contribution in [2.45, 2.75) is 31.4 Å². The van der Waals surface area contributed by atoms with Crippen LogP contribution in [0.4, 0.5) is 9.18 Å². The van der Waals surface area contributed by atoms with E-state index >= 15 is 0 Å². The molecule has 2 aromatic rings. The number of rotatable bonds is 6. The van der Waals surface area contributed by atoms with Gasteiger partial charge in [0.15, 0.2) is 0 Å². The standard InChI is InChI=1S/C22H23FN2O3/c1-3-11-22(18-7-9-19(23)10-8-18)12-13-25(21(27)28-22)15(2)16-5-4-6-17(14-16)20(24)26/h3-10,14-15H,1,11-13H2,2H3,(H2,24,26)/t15-,22+/m0/s1. The predicted molar refractivity (Wildman–Crippen MR) is 104 cm³/mol. The van der Waals surface area contributed by atoms with Crippen LogP contribution in [0.15, 0.2) is 61.2 Å². The van der Waals surface area contributed by atoms with E-state index in [1.54, 1.807) is 41.3 Å².